The lowest BCUT2D eigenvalue weighted by Gasteiger charge is -2.38. The maximum absolute atomic E-state index is 12.6. The Balaban J connectivity index is 1.14. The van der Waals surface area contributed by atoms with E-state index in [9.17, 15) is 4.79 Å². The Hall–Kier alpha value is -1.80. The van der Waals surface area contributed by atoms with E-state index in [-0.39, 0.29) is 0 Å². The summed E-state index contributed by atoms with van der Waals surface area (Å²) in [5.74, 6) is 1.73. The number of rotatable bonds is 5. The molecule has 8 heteroatoms. The lowest BCUT2D eigenvalue weighted by Crippen LogP contribution is -2.54. The maximum atomic E-state index is 12.6. The van der Waals surface area contributed by atoms with Crippen LogP contribution in [-0.2, 0) is 4.79 Å². The number of anilines is 1. The van der Waals surface area contributed by atoms with Gasteiger partial charge >= 0.3 is 0 Å². The highest BCUT2D eigenvalue weighted by molar-refractivity contribution is 7.14. The van der Waals surface area contributed by atoms with Crippen molar-refractivity contribution < 1.29 is 4.79 Å². The molecule has 1 aromatic rings. The van der Waals surface area contributed by atoms with Gasteiger partial charge in [0, 0.05) is 78.4 Å². The number of aliphatic imine (C=N–C) groups is 1. The lowest BCUT2D eigenvalue weighted by molar-refractivity contribution is -0.137. The first kappa shape index (κ1) is 21.4. The van der Waals surface area contributed by atoms with Crippen LogP contribution in [0.5, 0.6) is 0 Å². The summed E-state index contributed by atoms with van der Waals surface area (Å²) in [6, 6.07) is 4.33. The smallest absolute Gasteiger partial charge is 0.225 e. The van der Waals surface area contributed by atoms with Gasteiger partial charge in [0.1, 0.15) is 0 Å². The molecule has 0 atom stereocenters. The van der Waals surface area contributed by atoms with Gasteiger partial charge in [-0.2, -0.15) is 0 Å². The standard InChI is InChI=1S/C22H36N6OS/c1-23-22(28-16-14-26(15-17-28)20-7-4-18-30-20)24-8-9-25-10-12-27(13-11-25)21(29)19-5-2-3-6-19/h4,7,18-19H,2-3,5-6,8-17H2,1H3,(H,23,24). The summed E-state index contributed by atoms with van der Waals surface area (Å²) < 4.78 is 0. The number of nitrogens with zero attached hydrogens (tertiary/aromatic N) is 5. The van der Waals surface area contributed by atoms with Crippen LogP contribution in [0.25, 0.3) is 0 Å². The molecule has 1 aliphatic carbocycles. The van der Waals surface area contributed by atoms with Crippen LogP contribution in [-0.4, -0.2) is 99.1 Å². The molecule has 0 aromatic carbocycles. The Labute approximate surface area is 184 Å². The minimum atomic E-state index is 0.307. The molecule has 0 bridgehead atoms. The monoisotopic (exact) mass is 432 g/mol. The van der Waals surface area contributed by atoms with Gasteiger partial charge in [0.05, 0.1) is 5.00 Å². The summed E-state index contributed by atoms with van der Waals surface area (Å²) in [4.78, 5) is 26.5. The zero-order chi connectivity index (χ0) is 20.8. The third kappa shape index (κ3) is 5.27. The summed E-state index contributed by atoms with van der Waals surface area (Å²) in [5, 5.41) is 7.06. The number of thiophene rings is 1. The first-order valence-corrected chi connectivity index (χ1v) is 12.4. The predicted octanol–water partition coefficient (Wildman–Crippen LogP) is 1.78. The van der Waals surface area contributed by atoms with Crippen molar-refractivity contribution in [2.75, 3.05) is 77.4 Å². The molecule has 1 N–H and O–H groups in total. The van der Waals surface area contributed by atoms with Gasteiger partial charge in [-0.25, -0.2) is 0 Å². The van der Waals surface area contributed by atoms with E-state index in [1.54, 1.807) is 0 Å². The molecule has 1 aromatic heterocycles. The molecule has 3 heterocycles. The van der Waals surface area contributed by atoms with E-state index in [0.29, 0.717) is 11.8 Å². The molecule has 166 valence electrons. The summed E-state index contributed by atoms with van der Waals surface area (Å²) in [5.41, 5.74) is 0. The van der Waals surface area contributed by atoms with Gasteiger partial charge in [0.25, 0.3) is 0 Å². The van der Waals surface area contributed by atoms with E-state index >= 15 is 0 Å². The summed E-state index contributed by atoms with van der Waals surface area (Å²) in [6.45, 7) is 9.71. The van der Waals surface area contributed by atoms with Crippen LogP contribution in [0.1, 0.15) is 25.7 Å². The second-order valence-electron chi connectivity index (χ2n) is 8.55. The van der Waals surface area contributed by atoms with Gasteiger partial charge in [-0.3, -0.25) is 14.7 Å². The fraction of sp³-hybridized carbons (Fsp3) is 0.727. The molecule has 1 amide bonds. The van der Waals surface area contributed by atoms with Gasteiger partial charge in [-0.1, -0.05) is 12.8 Å². The molecule has 2 aliphatic heterocycles. The van der Waals surface area contributed by atoms with Crippen LogP contribution < -0.4 is 10.2 Å². The first-order chi connectivity index (χ1) is 14.7. The number of hydrogen-bond acceptors (Lipinski definition) is 5. The highest BCUT2D eigenvalue weighted by Crippen LogP contribution is 2.27. The van der Waals surface area contributed by atoms with E-state index < -0.39 is 0 Å². The molecule has 2 saturated heterocycles. The molecule has 4 rings (SSSR count). The van der Waals surface area contributed by atoms with E-state index in [1.807, 2.05) is 18.4 Å². The average molecular weight is 433 g/mol. The molecular formula is C22H36N6OS. The highest BCUT2D eigenvalue weighted by Gasteiger charge is 2.29. The van der Waals surface area contributed by atoms with Crippen molar-refractivity contribution in [1.29, 1.82) is 0 Å². The van der Waals surface area contributed by atoms with E-state index in [1.165, 1.54) is 17.8 Å². The second kappa shape index (κ2) is 10.5. The molecular weight excluding hydrogens is 396 g/mol. The van der Waals surface area contributed by atoms with Crippen LogP contribution in [0, 0.1) is 5.92 Å². The second-order valence-corrected chi connectivity index (χ2v) is 9.47. The normalized spacial score (nSPS) is 22.0. The van der Waals surface area contributed by atoms with E-state index in [2.05, 4.69) is 47.4 Å². The Morgan fingerprint density at radius 3 is 2.40 bits per heavy atom. The Morgan fingerprint density at radius 1 is 1.07 bits per heavy atom. The van der Waals surface area contributed by atoms with Crippen molar-refractivity contribution in [3.05, 3.63) is 17.5 Å². The third-order valence-electron chi connectivity index (χ3n) is 6.71. The molecule has 1 saturated carbocycles. The number of nitrogens with one attached hydrogen (secondary N) is 1. The zero-order valence-corrected chi connectivity index (χ0v) is 19.1. The number of carbonyl (C=O) groups is 1. The SMILES string of the molecule is CN=C(NCCN1CCN(C(=O)C2CCCC2)CC1)N1CCN(c2cccs2)CC1. The third-order valence-corrected chi connectivity index (χ3v) is 7.64. The Kier molecular flexibility index (Phi) is 7.49. The van der Waals surface area contributed by atoms with Crippen LogP contribution in [0.15, 0.2) is 22.5 Å². The summed E-state index contributed by atoms with van der Waals surface area (Å²) in [6.07, 6.45) is 4.66. The van der Waals surface area contributed by atoms with Crippen LogP contribution in [0.4, 0.5) is 5.00 Å². The summed E-state index contributed by atoms with van der Waals surface area (Å²) in [7, 11) is 1.88. The number of carbonyl (C=O) groups excluding carboxylic acids is 1. The molecule has 0 unspecified atom stereocenters. The van der Waals surface area contributed by atoms with Gasteiger partial charge in [-0.15, -0.1) is 11.3 Å². The fourth-order valence-electron chi connectivity index (χ4n) is 4.87. The van der Waals surface area contributed by atoms with Crippen LogP contribution in [0.2, 0.25) is 0 Å². The number of hydrogen-bond donors (Lipinski definition) is 1. The van der Waals surface area contributed by atoms with Crippen molar-refractivity contribution in [3.63, 3.8) is 0 Å². The van der Waals surface area contributed by atoms with E-state index in [0.717, 1.165) is 84.2 Å². The minimum Gasteiger partial charge on any atom is -0.360 e. The Bertz CT molecular complexity index is 686. The van der Waals surface area contributed by atoms with Crippen molar-refractivity contribution in [2.24, 2.45) is 10.9 Å². The molecule has 3 aliphatic rings. The molecule has 0 spiro atoms. The number of amides is 1. The molecule has 3 fully saturated rings. The highest BCUT2D eigenvalue weighted by atomic mass is 32.1. The summed E-state index contributed by atoms with van der Waals surface area (Å²) >= 11 is 1.81. The molecule has 0 radical (unpaired) electrons. The van der Waals surface area contributed by atoms with Crippen molar-refractivity contribution in [1.82, 2.24) is 20.0 Å². The Morgan fingerprint density at radius 2 is 1.77 bits per heavy atom. The fourth-order valence-corrected chi connectivity index (χ4v) is 5.65. The van der Waals surface area contributed by atoms with Crippen molar-refractivity contribution >= 4 is 28.2 Å². The predicted molar refractivity (Wildman–Crippen MR) is 124 cm³/mol. The van der Waals surface area contributed by atoms with Gasteiger partial charge in [-0.05, 0) is 30.4 Å². The zero-order valence-electron chi connectivity index (χ0n) is 18.3. The number of piperazine rings is 2. The minimum absolute atomic E-state index is 0.307. The van der Waals surface area contributed by atoms with Crippen LogP contribution >= 0.6 is 11.3 Å². The lowest BCUT2D eigenvalue weighted by atomic mass is 10.1. The average Bonchev–Trinajstić information content (AvgIpc) is 3.52. The van der Waals surface area contributed by atoms with Gasteiger partial charge in [0.15, 0.2) is 5.96 Å². The van der Waals surface area contributed by atoms with Crippen LogP contribution in [0.3, 0.4) is 0 Å². The molecule has 30 heavy (non-hydrogen) atoms. The number of guanidine groups is 1. The quantitative estimate of drug-likeness (QED) is 0.568. The maximum Gasteiger partial charge on any atom is 0.225 e. The van der Waals surface area contributed by atoms with Crippen molar-refractivity contribution in [2.45, 2.75) is 25.7 Å². The van der Waals surface area contributed by atoms with Gasteiger partial charge in [0.2, 0.25) is 5.91 Å². The largest absolute Gasteiger partial charge is 0.360 e. The van der Waals surface area contributed by atoms with E-state index in [4.69, 9.17) is 0 Å². The van der Waals surface area contributed by atoms with Gasteiger partial charge < -0.3 is 20.0 Å². The first-order valence-electron chi connectivity index (χ1n) is 11.5. The molecule has 7 nitrogen and oxygen atoms in total. The van der Waals surface area contributed by atoms with Crippen molar-refractivity contribution in [3.8, 4) is 0 Å². The topological polar surface area (TPSA) is 54.4 Å².